The van der Waals surface area contributed by atoms with Gasteiger partial charge in [-0.25, -0.2) is 4.79 Å². The number of amides is 2. The summed E-state index contributed by atoms with van der Waals surface area (Å²) in [6, 6.07) is 6.16. The molecule has 0 heterocycles. The van der Waals surface area contributed by atoms with Crippen LogP contribution in [-0.4, -0.2) is 12.6 Å². The molecular weight excluding hydrogens is 188 g/mol. The molecule has 2 rings (SSSR count). The number of hydrogen-bond donors (Lipinski definition) is 2. The molecule has 1 aromatic rings. The van der Waals surface area contributed by atoms with E-state index in [0.717, 1.165) is 6.42 Å². The summed E-state index contributed by atoms with van der Waals surface area (Å²) >= 11 is 0. The largest absolute Gasteiger partial charge is 0.352 e. The molecule has 0 saturated heterocycles. The van der Waals surface area contributed by atoms with E-state index < -0.39 is 6.03 Å². The van der Waals surface area contributed by atoms with E-state index >= 15 is 0 Å². The van der Waals surface area contributed by atoms with Crippen LogP contribution in [0.15, 0.2) is 18.2 Å². The molecule has 0 radical (unpaired) electrons. The fourth-order valence-electron chi connectivity index (χ4n) is 2.11. The van der Waals surface area contributed by atoms with Gasteiger partial charge in [-0.1, -0.05) is 18.2 Å². The Bertz CT molecular complexity index is 374. The Labute approximate surface area is 89.7 Å². The van der Waals surface area contributed by atoms with Crippen molar-refractivity contribution in [3.63, 3.8) is 0 Å². The number of hydrogen-bond acceptors (Lipinski definition) is 1. The van der Waals surface area contributed by atoms with Crippen molar-refractivity contribution in [3.05, 3.63) is 34.9 Å². The summed E-state index contributed by atoms with van der Waals surface area (Å²) in [6.45, 7) is 0.619. The summed E-state index contributed by atoms with van der Waals surface area (Å²) in [6.07, 6.45) is 4.55. The molecular formula is C12H16N2O. The van der Waals surface area contributed by atoms with Crippen LogP contribution in [0.3, 0.4) is 0 Å². The summed E-state index contributed by atoms with van der Waals surface area (Å²) in [5, 5.41) is 2.60. The molecule has 0 aliphatic heterocycles. The van der Waals surface area contributed by atoms with Crippen LogP contribution in [0.2, 0.25) is 0 Å². The molecule has 15 heavy (non-hydrogen) atoms. The first-order chi connectivity index (χ1) is 7.25. The van der Waals surface area contributed by atoms with Gasteiger partial charge in [-0.2, -0.15) is 0 Å². The quantitative estimate of drug-likeness (QED) is 0.768. The van der Waals surface area contributed by atoms with Gasteiger partial charge in [0.1, 0.15) is 0 Å². The fourth-order valence-corrected chi connectivity index (χ4v) is 2.11. The maximum atomic E-state index is 10.5. The number of benzene rings is 1. The number of carbonyl (C=O) groups is 1. The molecule has 1 aliphatic rings. The molecule has 3 N–H and O–H groups in total. The van der Waals surface area contributed by atoms with E-state index in [1.807, 2.05) is 0 Å². The molecule has 0 unspecified atom stereocenters. The smallest absolute Gasteiger partial charge is 0.312 e. The third-order valence-electron chi connectivity index (χ3n) is 2.88. The predicted octanol–water partition coefficient (Wildman–Crippen LogP) is 1.39. The van der Waals surface area contributed by atoms with Crippen LogP contribution in [-0.2, 0) is 19.3 Å². The highest BCUT2D eigenvalue weighted by Crippen LogP contribution is 2.22. The minimum Gasteiger partial charge on any atom is -0.352 e. The lowest BCUT2D eigenvalue weighted by Gasteiger charge is -2.05. The maximum absolute atomic E-state index is 10.5. The number of primary amides is 1. The average molecular weight is 204 g/mol. The summed E-state index contributed by atoms with van der Waals surface area (Å²) in [7, 11) is 0. The second kappa shape index (κ2) is 4.34. The second-order valence-electron chi connectivity index (χ2n) is 4.00. The summed E-state index contributed by atoms with van der Waals surface area (Å²) < 4.78 is 0. The van der Waals surface area contributed by atoms with Gasteiger partial charge in [-0.05, 0) is 42.4 Å². The lowest BCUT2D eigenvalue weighted by Crippen LogP contribution is -2.30. The Balaban J connectivity index is 1.95. The standard InChI is InChI=1S/C12H16N2O/c13-12(15)14-7-6-9-4-5-10-2-1-3-11(10)8-9/h4-5,8H,1-3,6-7H2,(H3,13,14,15). The topological polar surface area (TPSA) is 55.1 Å². The highest BCUT2D eigenvalue weighted by Gasteiger charge is 2.10. The number of fused-ring (bicyclic) bond motifs is 1. The Hall–Kier alpha value is -1.51. The lowest BCUT2D eigenvalue weighted by atomic mass is 10.0. The van der Waals surface area contributed by atoms with Crippen LogP contribution < -0.4 is 11.1 Å². The van der Waals surface area contributed by atoms with Crippen molar-refractivity contribution < 1.29 is 4.79 Å². The van der Waals surface area contributed by atoms with E-state index in [-0.39, 0.29) is 0 Å². The van der Waals surface area contributed by atoms with Crippen LogP contribution >= 0.6 is 0 Å². The maximum Gasteiger partial charge on any atom is 0.312 e. The third kappa shape index (κ3) is 2.49. The first kappa shape index (κ1) is 10.0. The number of urea groups is 1. The zero-order valence-corrected chi connectivity index (χ0v) is 8.75. The lowest BCUT2D eigenvalue weighted by molar-refractivity contribution is 0.249. The first-order valence-corrected chi connectivity index (χ1v) is 5.40. The number of rotatable bonds is 3. The Morgan fingerprint density at radius 3 is 2.93 bits per heavy atom. The van der Waals surface area contributed by atoms with Crippen molar-refractivity contribution >= 4 is 6.03 Å². The monoisotopic (exact) mass is 204 g/mol. The van der Waals surface area contributed by atoms with Crippen molar-refractivity contribution in [2.75, 3.05) is 6.54 Å². The molecule has 0 aromatic heterocycles. The van der Waals surface area contributed by atoms with E-state index in [2.05, 4.69) is 23.5 Å². The van der Waals surface area contributed by atoms with Gasteiger partial charge in [0.2, 0.25) is 0 Å². The van der Waals surface area contributed by atoms with Gasteiger partial charge in [0.25, 0.3) is 0 Å². The van der Waals surface area contributed by atoms with Crippen molar-refractivity contribution in [2.45, 2.75) is 25.7 Å². The van der Waals surface area contributed by atoms with Crippen LogP contribution in [0.1, 0.15) is 23.1 Å². The molecule has 0 fully saturated rings. The highest BCUT2D eigenvalue weighted by molar-refractivity contribution is 5.71. The third-order valence-corrected chi connectivity index (χ3v) is 2.88. The van der Waals surface area contributed by atoms with E-state index in [4.69, 9.17) is 5.73 Å². The van der Waals surface area contributed by atoms with Crippen LogP contribution in [0.5, 0.6) is 0 Å². The Morgan fingerprint density at radius 2 is 2.13 bits per heavy atom. The molecule has 3 heteroatoms. The van der Waals surface area contributed by atoms with E-state index in [9.17, 15) is 4.79 Å². The summed E-state index contributed by atoms with van der Waals surface area (Å²) in [5.41, 5.74) is 9.24. The first-order valence-electron chi connectivity index (χ1n) is 5.40. The zero-order chi connectivity index (χ0) is 10.7. The summed E-state index contributed by atoms with van der Waals surface area (Å²) in [5.74, 6) is 0. The molecule has 2 amide bonds. The van der Waals surface area contributed by atoms with Crippen molar-refractivity contribution in [1.29, 1.82) is 0 Å². The molecule has 1 aromatic carbocycles. The zero-order valence-electron chi connectivity index (χ0n) is 8.75. The van der Waals surface area contributed by atoms with Crippen LogP contribution in [0.4, 0.5) is 4.79 Å². The Kier molecular flexibility index (Phi) is 2.90. The van der Waals surface area contributed by atoms with Gasteiger partial charge in [0, 0.05) is 6.54 Å². The van der Waals surface area contributed by atoms with Crippen molar-refractivity contribution in [1.82, 2.24) is 5.32 Å². The normalized spacial score (nSPS) is 13.6. The molecule has 80 valence electrons. The molecule has 0 bridgehead atoms. The fraction of sp³-hybridized carbons (Fsp3) is 0.417. The van der Waals surface area contributed by atoms with Crippen molar-refractivity contribution in [2.24, 2.45) is 5.73 Å². The average Bonchev–Trinajstić information content (AvgIpc) is 2.64. The number of carbonyl (C=O) groups excluding carboxylic acids is 1. The molecule has 0 saturated carbocycles. The van der Waals surface area contributed by atoms with E-state index in [0.29, 0.717) is 6.54 Å². The van der Waals surface area contributed by atoms with Crippen LogP contribution in [0, 0.1) is 0 Å². The van der Waals surface area contributed by atoms with Gasteiger partial charge >= 0.3 is 6.03 Å². The number of aryl methyl sites for hydroxylation is 2. The van der Waals surface area contributed by atoms with Crippen molar-refractivity contribution in [3.8, 4) is 0 Å². The number of nitrogens with one attached hydrogen (secondary N) is 1. The van der Waals surface area contributed by atoms with Gasteiger partial charge in [-0.3, -0.25) is 0 Å². The van der Waals surface area contributed by atoms with Gasteiger partial charge in [-0.15, -0.1) is 0 Å². The molecule has 0 spiro atoms. The summed E-state index contributed by atoms with van der Waals surface area (Å²) in [4.78, 5) is 10.5. The van der Waals surface area contributed by atoms with E-state index in [1.54, 1.807) is 0 Å². The number of nitrogens with two attached hydrogens (primary N) is 1. The van der Waals surface area contributed by atoms with Gasteiger partial charge in [0.15, 0.2) is 0 Å². The van der Waals surface area contributed by atoms with Gasteiger partial charge in [0.05, 0.1) is 0 Å². The molecule has 0 atom stereocenters. The minimum atomic E-state index is -0.448. The molecule has 1 aliphatic carbocycles. The highest BCUT2D eigenvalue weighted by atomic mass is 16.2. The van der Waals surface area contributed by atoms with Gasteiger partial charge < -0.3 is 11.1 Å². The molecule has 3 nitrogen and oxygen atoms in total. The minimum absolute atomic E-state index is 0.448. The SMILES string of the molecule is NC(=O)NCCc1ccc2c(c1)CCC2. The van der Waals surface area contributed by atoms with Crippen LogP contribution in [0.25, 0.3) is 0 Å². The van der Waals surface area contributed by atoms with E-state index in [1.165, 1.54) is 36.0 Å². The Morgan fingerprint density at radius 1 is 1.33 bits per heavy atom. The second-order valence-corrected chi connectivity index (χ2v) is 4.00. The predicted molar refractivity (Wildman–Crippen MR) is 59.8 cm³/mol.